The fraction of sp³-hybridized carbons (Fsp3) is 0.273. The average molecular weight is 435 g/mol. The number of pyridine rings is 2. The first-order valence-corrected chi connectivity index (χ1v) is 10.7. The highest BCUT2D eigenvalue weighted by molar-refractivity contribution is 7.99. The zero-order valence-electron chi connectivity index (χ0n) is 16.2. The molecule has 0 radical (unpaired) electrons. The van der Waals surface area contributed by atoms with Crippen molar-refractivity contribution in [3.8, 4) is 17.5 Å². The first kappa shape index (κ1) is 18.5. The van der Waals surface area contributed by atoms with Crippen LogP contribution in [0.15, 0.2) is 21.8 Å². The monoisotopic (exact) mass is 435 g/mol. The topological polar surface area (TPSA) is 105 Å². The Labute approximate surface area is 179 Å². The number of aliphatic hydroxyl groups excluding tert-OH is 1. The van der Waals surface area contributed by atoms with Crippen LogP contribution >= 0.6 is 11.8 Å². The van der Waals surface area contributed by atoms with Gasteiger partial charge in [0.05, 0.1) is 41.0 Å². The van der Waals surface area contributed by atoms with Crippen molar-refractivity contribution in [3.63, 3.8) is 0 Å². The van der Waals surface area contributed by atoms with Crippen LogP contribution in [-0.4, -0.2) is 26.4 Å². The number of hydrogen-bond donors (Lipinski definition) is 1. The van der Waals surface area contributed by atoms with Gasteiger partial charge in [0, 0.05) is 33.2 Å². The molecule has 2 aromatic heterocycles. The van der Waals surface area contributed by atoms with Crippen LogP contribution in [0.3, 0.4) is 0 Å². The van der Waals surface area contributed by atoms with Gasteiger partial charge in [-0.2, -0.15) is 5.26 Å². The molecular formula is C22H14FN3O4S. The Bertz CT molecular complexity index is 1470. The Morgan fingerprint density at radius 3 is 2.94 bits per heavy atom. The Morgan fingerprint density at radius 2 is 2.16 bits per heavy atom. The number of nitriles is 1. The van der Waals surface area contributed by atoms with E-state index in [-0.39, 0.29) is 35.7 Å². The van der Waals surface area contributed by atoms with Crippen LogP contribution in [0.5, 0.6) is 0 Å². The molecule has 2 atom stereocenters. The van der Waals surface area contributed by atoms with Gasteiger partial charge >= 0.3 is 5.97 Å². The second-order valence-corrected chi connectivity index (χ2v) is 8.95. The van der Waals surface area contributed by atoms with Crippen molar-refractivity contribution in [2.45, 2.75) is 37.0 Å². The fourth-order valence-corrected chi connectivity index (χ4v) is 6.02. The van der Waals surface area contributed by atoms with Crippen LogP contribution < -0.4 is 5.56 Å². The lowest BCUT2D eigenvalue weighted by molar-refractivity contribution is -0.157. The van der Waals surface area contributed by atoms with E-state index in [1.165, 1.54) is 22.4 Å². The second-order valence-electron chi connectivity index (χ2n) is 7.92. The van der Waals surface area contributed by atoms with E-state index in [1.807, 2.05) is 0 Å². The van der Waals surface area contributed by atoms with Crippen molar-refractivity contribution in [3.05, 3.63) is 56.1 Å². The molecule has 1 N–H and O–H groups in total. The van der Waals surface area contributed by atoms with Gasteiger partial charge in [0.15, 0.2) is 6.10 Å². The number of nitrogens with zero attached hydrogens (tertiary/aromatic N) is 3. The fourth-order valence-electron chi connectivity index (χ4n) is 4.77. The van der Waals surface area contributed by atoms with E-state index < -0.39 is 18.0 Å². The quantitative estimate of drug-likeness (QED) is 0.423. The summed E-state index contributed by atoms with van der Waals surface area (Å²) in [5.41, 5.74) is 3.50. The summed E-state index contributed by atoms with van der Waals surface area (Å²) in [7, 11) is 0. The maximum Gasteiger partial charge on any atom is 0.340 e. The van der Waals surface area contributed by atoms with Gasteiger partial charge in [-0.1, -0.05) is 0 Å². The molecule has 0 bridgehead atoms. The summed E-state index contributed by atoms with van der Waals surface area (Å²) in [5.74, 6) is -1.11. The van der Waals surface area contributed by atoms with Crippen LogP contribution in [0.2, 0.25) is 0 Å². The van der Waals surface area contributed by atoms with E-state index in [4.69, 9.17) is 4.74 Å². The van der Waals surface area contributed by atoms with Crippen molar-refractivity contribution in [1.82, 2.24) is 9.55 Å². The van der Waals surface area contributed by atoms with Gasteiger partial charge in [-0.05, 0) is 24.1 Å². The normalized spacial score (nSPS) is 20.6. The standard InChI is InChI=1S/C22H14FN3O4S/c1-8-13(23)3-14-17-16(9(4-24)7-31-20(8)17)11-5-26-15(18(11)25-14)2-10-12(21(26)28)6-30-22(29)19(10)27/h2-3,9,19,27H,5-7H2,1H3. The van der Waals surface area contributed by atoms with Gasteiger partial charge in [-0.15, -0.1) is 11.8 Å². The summed E-state index contributed by atoms with van der Waals surface area (Å²) in [4.78, 5) is 30.4. The zero-order valence-corrected chi connectivity index (χ0v) is 17.0. The van der Waals surface area contributed by atoms with Crippen LogP contribution in [0.4, 0.5) is 4.39 Å². The lowest BCUT2D eigenvalue weighted by atomic mass is 9.90. The molecule has 154 valence electrons. The van der Waals surface area contributed by atoms with Gasteiger partial charge in [-0.25, -0.2) is 14.2 Å². The third-order valence-corrected chi connectivity index (χ3v) is 7.63. The number of aliphatic hydroxyl groups is 1. The number of hydrogen-bond acceptors (Lipinski definition) is 7. The number of cyclic esters (lactones) is 1. The van der Waals surface area contributed by atoms with Crippen LogP contribution in [0.25, 0.3) is 22.3 Å². The maximum atomic E-state index is 14.6. The molecule has 0 fully saturated rings. The average Bonchev–Trinajstić information content (AvgIpc) is 3.13. The first-order valence-electron chi connectivity index (χ1n) is 9.70. The third kappa shape index (κ3) is 2.29. The summed E-state index contributed by atoms with van der Waals surface area (Å²) in [6.07, 6.45) is -1.54. The number of esters is 1. The molecule has 3 aromatic rings. The van der Waals surface area contributed by atoms with E-state index in [2.05, 4.69) is 11.1 Å². The number of carbonyl (C=O) groups excluding carboxylic acids is 1. The Morgan fingerprint density at radius 1 is 1.35 bits per heavy atom. The van der Waals surface area contributed by atoms with Crippen molar-refractivity contribution < 1.29 is 19.0 Å². The minimum Gasteiger partial charge on any atom is -0.458 e. The molecule has 0 saturated heterocycles. The third-order valence-electron chi connectivity index (χ3n) is 6.33. The van der Waals surface area contributed by atoms with Gasteiger partial charge in [0.25, 0.3) is 5.56 Å². The molecule has 31 heavy (non-hydrogen) atoms. The molecular weight excluding hydrogens is 421 g/mol. The molecule has 9 heteroatoms. The van der Waals surface area contributed by atoms with Crippen LogP contribution in [0, 0.1) is 24.1 Å². The van der Waals surface area contributed by atoms with Crippen molar-refractivity contribution >= 4 is 28.6 Å². The molecule has 0 aliphatic carbocycles. The van der Waals surface area contributed by atoms with Gasteiger partial charge in [-0.3, -0.25) is 4.79 Å². The molecule has 7 nitrogen and oxygen atoms in total. The largest absolute Gasteiger partial charge is 0.458 e. The highest BCUT2D eigenvalue weighted by Crippen LogP contribution is 2.48. The predicted octanol–water partition coefficient (Wildman–Crippen LogP) is 2.68. The minimum atomic E-state index is -1.54. The molecule has 0 saturated carbocycles. The van der Waals surface area contributed by atoms with Gasteiger partial charge < -0.3 is 14.4 Å². The maximum absolute atomic E-state index is 14.6. The summed E-state index contributed by atoms with van der Waals surface area (Å²) in [6.45, 7) is 1.74. The number of halogens is 1. The number of rotatable bonds is 0. The second kappa shape index (κ2) is 6.15. The van der Waals surface area contributed by atoms with Gasteiger partial charge in [0.2, 0.25) is 0 Å². The molecule has 0 amide bonds. The number of thioether (sulfide) groups is 1. The summed E-state index contributed by atoms with van der Waals surface area (Å²) in [5, 5.41) is 20.8. The highest BCUT2D eigenvalue weighted by Gasteiger charge is 2.37. The summed E-state index contributed by atoms with van der Waals surface area (Å²) < 4.78 is 21.1. The number of fused-ring (bicyclic) bond motifs is 5. The van der Waals surface area contributed by atoms with E-state index in [0.29, 0.717) is 28.2 Å². The summed E-state index contributed by atoms with van der Waals surface area (Å²) >= 11 is 1.45. The van der Waals surface area contributed by atoms with E-state index in [0.717, 1.165) is 21.4 Å². The SMILES string of the molecule is Cc1c(F)cc2nc3c(c4c2c1SCC4C#N)Cn1c-3cc2c(c1=O)COC(=O)C2O. The molecule has 0 spiro atoms. The molecule has 3 aliphatic heterocycles. The molecule has 3 aliphatic rings. The highest BCUT2D eigenvalue weighted by atomic mass is 32.2. The van der Waals surface area contributed by atoms with E-state index >= 15 is 0 Å². The number of benzene rings is 1. The Balaban J connectivity index is 1.71. The molecule has 1 aromatic carbocycles. The smallest absolute Gasteiger partial charge is 0.340 e. The number of ether oxygens (including phenoxy) is 1. The van der Waals surface area contributed by atoms with Crippen LogP contribution in [-0.2, 0) is 22.7 Å². The number of carbonyl (C=O) groups is 1. The van der Waals surface area contributed by atoms with E-state index in [9.17, 15) is 24.3 Å². The predicted molar refractivity (Wildman–Crippen MR) is 109 cm³/mol. The minimum absolute atomic E-state index is 0.199. The van der Waals surface area contributed by atoms with Crippen LogP contribution in [0.1, 0.15) is 39.8 Å². The van der Waals surface area contributed by atoms with Crippen molar-refractivity contribution in [2.75, 3.05) is 5.75 Å². The van der Waals surface area contributed by atoms with E-state index in [1.54, 1.807) is 13.0 Å². The molecule has 6 rings (SSSR count). The molecule has 2 unspecified atom stereocenters. The molecule has 5 heterocycles. The Hall–Kier alpha value is -3.22. The van der Waals surface area contributed by atoms with Gasteiger partial charge in [0.1, 0.15) is 12.4 Å². The zero-order chi connectivity index (χ0) is 21.6. The Kier molecular flexibility index (Phi) is 3.68. The van der Waals surface area contributed by atoms with Crippen molar-refractivity contribution in [1.29, 1.82) is 5.26 Å². The summed E-state index contributed by atoms with van der Waals surface area (Å²) in [6, 6.07) is 5.30. The lowest BCUT2D eigenvalue weighted by Crippen LogP contribution is -2.32. The van der Waals surface area contributed by atoms with Crippen molar-refractivity contribution in [2.24, 2.45) is 0 Å². The lowest BCUT2D eigenvalue weighted by Gasteiger charge is -2.24. The number of aromatic nitrogens is 2. The first-order chi connectivity index (χ1) is 14.9.